The predicted molar refractivity (Wildman–Crippen MR) is 116 cm³/mol. The number of carbonyl (C=O) groups excluding carboxylic acids is 1. The second-order valence-electron chi connectivity index (χ2n) is 6.79. The molecule has 0 fully saturated rings. The molecule has 0 saturated carbocycles. The Morgan fingerprint density at radius 3 is 2.33 bits per heavy atom. The van der Waals surface area contributed by atoms with Gasteiger partial charge >= 0.3 is 5.97 Å². The summed E-state index contributed by atoms with van der Waals surface area (Å²) in [5.74, 6) is -0.657. The molecule has 5 nitrogen and oxygen atoms in total. The highest BCUT2D eigenvalue weighted by Crippen LogP contribution is 2.37. The first-order valence-electron chi connectivity index (χ1n) is 9.28. The topological polar surface area (TPSA) is 68.5 Å². The van der Waals surface area contributed by atoms with E-state index in [9.17, 15) is 14.7 Å². The number of hydrogen-bond donors (Lipinski definition) is 1. The number of carboxylic acid groups (broad SMARTS) is 1. The first-order valence-corrected chi connectivity index (χ1v) is 9.66. The zero-order valence-electron chi connectivity index (χ0n) is 16.1. The van der Waals surface area contributed by atoms with Crippen molar-refractivity contribution in [3.05, 3.63) is 88.9 Å². The second kappa shape index (κ2) is 8.05. The molecule has 0 unspecified atom stereocenters. The number of hydrogen-bond acceptors (Lipinski definition) is 3. The lowest BCUT2D eigenvalue weighted by Gasteiger charge is -2.11. The van der Waals surface area contributed by atoms with Gasteiger partial charge in [0, 0.05) is 16.0 Å². The number of aromatic nitrogens is 1. The van der Waals surface area contributed by atoms with Gasteiger partial charge in [0.25, 0.3) is 5.91 Å². The molecule has 0 atom stereocenters. The van der Waals surface area contributed by atoms with Crippen LogP contribution in [-0.2, 0) is 11.2 Å². The number of aliphatic carboxylic acids is 1. The summed E-state index contributed by atoms with van der Waals surface area (Å²) < 4.78 is 6.91. The normalized spacial score (nSPS) is 10.9. The summed E-state index contributed by atoms with van der Waals surface area (Å²) in [4.78, 5) is 25.3. The molecule has 4 aromatic rings. The van der Waals surface area contributed by atoms with Crippen LogP contribution in [0.4, 0.5) is 0 Å². The smallest absolute Gasteiger partial charge is 0.307 e. The summed E-state index contributed by atoms with van der Waals surface area (Å²) >= 11 is 5.98. The Bertz CT molecular complexity index is 1240. The maximum Gasteiger partial charge on any atom is 0.307 e. The van der Waals surface area contributed by atoms with Crippen LogP contribution in [0.15, 0.2) is 72.8 Å². The molecule has 0 spiro atoms. The molecule has 0 radical (unpaired) electrons. The van der Waals surface area contributed by atoms with Crippen LogP contribution in [0.3, 0.4) is 0 Å². The van der Waals surface area contributed by atoms with Gasteiger partial charge in [-0.15, -0.1) is 0 Å². The number of ether oxygens (including phenoxy) is 1. The van der Waals surface area contributed by atoms with Gasteiger partial charge in [-0.3, -0.25) is 14.2 Å². The largest absolute Gasteiger partial charge is 0.497 e. The van der Waals surface area contributed by atoms with E-state index < -0.39 is 5.97 Å². The summed E-state index contributed by atoms with van der Waals surface area (Å²) in [6.45, 7) is 0. The molecule has 1 N–H and O–H groups in total. The minimum Gasteiger partial charge on any atom is -0.497 e. The van der Waals surface area contributed by atoms with E-state index in [4.69, 9.17) is 16.3 Å². The predicted octanol–water partition coefficient (Wildman–Crippen LogP) is 5.29. The summed E-state index contributed by atoms with van der Waals surface area (Å²) in [6, 6.07) is 21.2. The van der Waals surface area contributed by atoms with Crippen molar-refractivity contribution in [2.24, 2.45) is 0 Å². The average Bonchev–Trinajstić information content (AvgIpc) is 3.07. The van der Waals surface area contributed by atoms with E-state index in [1.165, 1.54) is 0 Å². The van der Waals surface area contributed by atoms with Crippen molar-refractivity contribution in [2.75, 3.05) is 7.11 Å². The number of carboxylic acids is 1. The molecule has 0 aliphatic heterocycles. The van der Waals surface area contributed by atoms with Crippen molar-refractivity contribution in [1.82, 2.24) is 4.57 Å². The fourth-order valence-electron chi connectivity index (χ4n) is 3.62. The van der Waals surface area contributed by atoms with Crippen molar-refractivity contribution in [3.8, 4) is 17.0 Å². The SMILES string of the molecule is COc1ccc2c(c1)c(CC(=O)O)c(-c1ccccc1)n2C(=O)c1ccc(Cl)cc1. The number of nitrogens with zero attached hydrogens (tertiary/aromatic N) is 1. The molecule has 30 heavy (non-hydrogen) atoms. The van der Waals surface area contributed by atoms with Crippen LogP contribution in [0.5, 0.6) is 5.75 Å². The Labute approximate surface area is 178 Å². The third kappa shape index (κ3) is 3.55. The van der Waals surface area contributed by atoms with Crippen LogP contribution >= 0.6 is 11.6 Å². The molecule has 0 saturated heterocycles. The lowest BCUT2D eigenvalue weighted by Crippen LogP contribution is -2.14. The maximum absolute atomic E-state index is 13.6. The van der Waals surface area contributed by atoms with E-state index in [1.54, 1.807) is 54.1 Å². The Morgan fingerprint density at radius 1 is 1.00 bits per heavy atom. The van der Waals surface area contributed by atoms with Gasteiger partial charge < -0.3 is 9.84 Å². The molecule has 1 aromatic heterocycles. The number of benzene rings is 3. The van der Waals surface area contributed by atoms with Gasteiger partial charge in [-0.05, 0) is 53.6 Å². The standard InChI is InChI=1S/C24H18ClNO4/c1-30-18-11-12-21-19(13-18)20(14-22(27)28)23(15-5-3-2-4-6-15)26(21)24(29)16-7-9-17(25)10-8-16/h2-13H,14H2,1H3,(H,27,28). The number of rotatable bonds is 5. The quantitative estimate of drug-likeness (QED) is 0.477. The van der Waals surface area contributed by atoms with Crippen molar-refractivity contribution in [2.45, 2.75) is 6.42 Å². The fourth-order valence-corrected chi connectivity index (χ4v) is 3.75. The fraction of sp³-hybridized carbons (Fsp3) is 0.0833. The Balaban J connectivity index is 2.07. The van der Waals surface area contributed by atoms with E-state index in [0.717, 1.165) is 5.56 Å². The summed E-state index contributed by atoms with van der Waals surface area (Å²) in [5, 5.41) is 10.8. The van der Waals surface area contributed by atoms with Gasteiger partial charge in [0.2, 0.25) is 0 Å². The zero-order chi connectivity index (χ0) is 21.3. The van der Waals surface area contributed by atoms with E-state index >= 15 is 0 Å². The van der Waals surface area contributed by atoms with E-state index in [-0.39, 0.29) is 12.3 Å². The number of fused-ring (bicyclic) bond motifs is 1. The number of halogens is 1. The molecule has 3 aromatic carbocycles. The molecule has 6 heteroatoms. The van der Waals surface area contributed by atoms with E-state index in [1.807, 2.05) is 30.3 Å². The highest BCUT2D eigenvalue weighted by Gasteiger charge is 2.25. The van der Waals surface area contributed by atoms with E-state index in [2.05, 4.69) is 0 Å². The second-order valence-corrected chi connectivity index (χ2v) is 7.23. The third-order valence-electron chi connectivity index (χ3n) is 4.95. The number of carbonyl (C=O) groups is 2. The van der Waals surface area contributed by atoms with Gasteiger partial charge in [0.15, 0.2) is 0 Å². The van der Waals surface area contributed by atoms with Gasteiger partial charge in [0.05, 0.1) is 24.7 Å². The lowest BCUT2D eigenvalue weighted by molar-refractivity contribution is -0.136. The van der Waals surface area contributed by atoms with Crippen LogP contribution < -0.4 is 4.74 Å². The Morgan fingerprint density at radius 2 is 1.70 bits per heavy atom. The van der Waals surface area contributed by atoms with Crippen LogP contribution in [0.2, 0.25) is 5.02 Å². The van der Waals surface area contributed by atoms with Crippen LogP contribution in [0, 0.1) is 0 Å². The van der Waals surface area contributed by atoms with Gasteiger partial charge in [-0.2, -0.15) is 0 Å². The third-order valence-corrected chi connectivity index (χ3v) is 5.20. The molecular formula is C24H18ClNO4. The molecular weight excluding hydrogens is 402 g/mol. The minimum atomic E-state index is -0.979. The molecule has 150 valence electrons. The summed E-state index contributed by atoms with van der Waals surface area (Å²) in [7, 11) is 1.55. The average molecular weight is 420 g/mol. The lowest BCUT2D eigenvalue weighted by atomic mass is 10.0. The zero-order valence-corrected chi connectivity index (χ0v) is 16.9. The number of methoxy groups -OCH3 is 1. The van der Waals surface area contributed by atoms with Gasteiger partial charge in [-0.25, -0.2) is 0 Å². The van der Waals surface area contributed by atoms with E-state index in [0.29, 0.717) is 38.5 Å². The van der Waals surface area contributed by atoms with Crippen LogP contribution in [-0.4, -0.2) is 28.7 Å². The van der Waals surface area contributed by atoms with Crippen molar-refractivity contribution in [3.63, 3.8) is 0 Å². The Hall–Kier alpha value is -3.57. The first kappa shape index (κ1) is 19.7. The highest BCUT2D eigenvalue weighted by atomic mass is 35.5. The van der Waals surface area contributed by atoms with Crippen LogP contribution in [0.25, 0.3) is 22.2 Å². The van der Waals surface area contributed by atoms with Crippen LogP contribution in [0.1, 0.15) is 15.9 Å². The van der Waals surface area contributed by atoms with Crippen molar-refractivity contribution in [1.29, 1.82) is 0 Å². The highest BCUT2D eigenvalue weighted by molar-refractivity contribution is 6.30. The monoisotopic (exact) mass is 419 g/mol. The first-order chi connectivity index (χ1) is 14.5. The molecule has 0 aliphatic rings. The molecule has 0 aliphatic carbocycles. The molecule has 4 rings (SSSR count). The summed E-state index contributed by atoms with van der Waals surface area (Å²) in [5.41, 5.74) is 2.94. The van der Waals surface area contributed by atoms with Crippen molar-refractivity contribution >= 4 is 34.4 Å². The minimum absolute atomic E-state index is 0.227. The molecule has 0 bridgehead atoms. The van der Waals surface area contributed by atoms with Gasteiger partial charge in [-0.1, -0.05) is 41.9 Å². The molecule has 1 heterocycles. The Kier molecular flexibility index (Phi) is 5.29. The summed E-state index contributed by atoms with van der Waals surface area (Å²) in [6.07, 6.45) is -0.227. The molecule has 0 amide bonds. The van der Waals surface area contributed by atoms with Crippen molar-refractivity contribution < 1.29 is 19.4 Å². The van der Waals surface area contributed by atoms with Gasteiger partial charge in [0.1, 0.15) is 5.75 Å². The maximum atomic E-state index is 13.6.